The van der Waals surface area contributed by atoms with Crippen molar-refractivity contribution in [3.63, 3.8) is 0 Å². The molecule has 1 aromatic carbocycles. The zero-order chi connectivity index (χ0) is 14.8. The van der Waals surface area contributed by atoms with Crippen molar-refractivity contribution in [2.45, 2.75) is 18.5 Å². The van der Waals surface area contributed by atoms with Crippen molar-refractivity contribution in [2.24, 2.45) is 5.73 Å². The van der Waals surface area contributed by atoms with E-state index in [0.29, 0.717) is 6.04 Å². The Morgan fingerprint density at radius 3 is 2.86 bits per heavy atom. The van der Waals surface area contributed by atoms with Crippen LogP contribution in [0.5, 0.6) is 0 Å². The number of pyridine rings is 1. The summed E-state index contributed by atoms with van der Waals surface area (Å²) in [5, 5.41) is 1.18. The highest BCUT2D eigenvalue weighted by Crippen LogP contribution is 2.15. The summed E-state index contributed by atoms with van der Waals surface area (Å²) in [4.78, 5) is 9.48. The van der Waals surface area contributed by atoms with Crippen LogP contribution in [0.2, 0.25) is 0 Å². The Morgan fingerprint density at radius 2 is 2.00 bits per heavy atom. The fourth-order valence-electron chi connectivity index (χ4n) is 3.11. The summed E-state index contributed by atoms with van der Waals surface area (Å²) in [6.45, 7) is 3.24. The summed E-state index contributed by atoms with van der Waals surface area (Å²) in [6.07, 6.45) is 0.827. The zero-order valence-corrected chi connectivity index (χ0v) is 12.9. The summed E-state index contributed by atoms with van der Waals surface area (Å²) in [5.74, 6) is 0. The van der Waals surface area contributed by atoms with Gasteiger partial charge in [-0.05, 0) is 26.2 Å². The monoisotopic (exact) mass is 284 g/mol. The molecule has 0 radical (unpaired) electrons. The van der Waals surface area contributed by atoms with Gasteiger partial charge in [0.2, 0.25) is 0 Å². The molecule has 1 aromatic heterocycles. The molecule has 0 spiro atoms. The second-order valence-electron chi connectivity index (χ2n) is 6.17. The van der Waals surface area contributed by atoms with Crippen LogP contribution in [0, 0.1) is 0 Å². The smallest absolute Gasteiger partial charge is 0.0705 e. The van der Waals surface area contributed by atoms with Gasteiger partial charge in [0.25, 0.3) is 0 Å². The Balaban J connectivity index is 1.74. The van der Waals surface area contributed by atoms with Crippen molar-refractivity contribution in [3.05, 3.63) is 42.1 Å². The lowest BCUT2D eigenvalue weighted by Gasteiger charge is -2.40. The summed E-state index contributed by atoms with van der Waals surface area (Å²) < 4.78 is 0. The Labute approximate surface area is 126 Å². The number of likely N-dealkylation sites (N-methyl/N-ethyl adjacent to an activating group) is 2. The van der Waals surface area contributed by atoms with Gasteiger partial charge in [-0.25, -0.2) is 0 Å². The standard InChI is InChI=1S/C17H24N4/c1-20-9-10-21(2)17(12-20)15(18)11-14-8-7-13-5-3-4-6-16(13)19-14/h3-8,15,17H,9-12,18H2,1-2H3. The van der Waals surface area contributed by atoms with E-state index in [2.05, 4.69) is 48.2 Å². The van der Waals surface area contributed by atoms with E-state index >= 15 is 0 Å². The maximum Gasteiger partial charge on any atom is 0.0705 e. The Bertz CT molecular complexity index is 613. The molecule has 2 atom stereocenters. The minimum atomic E-state index is 0.117. The van der Waals surface area contributed by atoms with Crippen LogP contribution in [-0.2, 0) is 6.42 Å². The van der Waals surface area contributed by atoms with Gasteiger partial charge in [-0.3, -0.25) is 9.88 Å². The van der Waals surface area contributed by atoms with Crippen molar-refractivity contribution in [1.82, 2.24) is 14.8 Å². The number of hydrogen-bond donors (Lipinski definition) is 1. The van der Waals surface area contributed by atoms with E-state index in [0.717, 1.165) is 37.3 Å². The summed E-state index contributed by atoms with van der Waals surface area (Å²) in [7, 11) is 4.34. The molecule has 0 saturated carbocycles. The predicted octanol–water partition coefficient (Wildman–Crippen LogP) is 1.35. The maximum atomic E-state index is 6.47. The minimum Gasteiger partial charge on any atom is -0.326 e. The third kappa shape index (κ3) is 3.23. The third-order valence-electron chi connectivity index (χ3n) is 4.49. The van der Waals surface area contributed by atoms with Gasteiger partial charge in [-0.15, -0.1) is 0 Å². The van der Waals surface area contributed by atoms with Crippen LogP contribution in [0.3, 0.4) is 0 Å². The molecule has 1 fully saturated rings. The van der Waals surface area contributed by atoms with E-state index in [-0.39, 0.29) is 6.04 Å². The van der Waals surface area contributed by atoms with E-state index in [9.17, 15) is 0 Å². The minimum absolute atomic E-state index is 0.117. The van der Waals surface area contributed by atoms with Gasteiger partial charge in [-0.2, -0.15) is 0 Å². The number of aromatic nitrogens is 1. The first-order valence-corrected chi connectivity index (χ1v) is 7.62. The van der Waals surface area contributed by atoms with Crippen molar-refractivity contribution >= 4 is 10.9 Å². The highest BCUT2D eigenvalue weighted by atomic mass is 15.3. The molecule has 112 valence electrons. The van der Waals surface area contributed by atoms with Crippen LogP contribution in [0.1, 0.15) is 5.69 Å². The molecule has 4 nitrogen and oxygen atoms in total. The summed E-state index contributed by atoms with van der Waals surface area (Å²) in [5.41, 5.74) is 8.61. The molecule has 1 saturated heterocycles. The van der Waals surface area contributed by atoms with Crippen molar-refractivity contribution in [2.75, 3.05) is 33.7 Å². The number of para-hydroxylation sites is 1. The lowest BCUT2D eigenvalue weighted by atomic mass is 9.99. The van der Waals surface area contributed by atoms with E-state index < -0.39 is 0 Å². The quantitative estimate of drug-likeness (QED) is 0.924. The largest absolute Gasteiger partial charge is 0.326 e. The van der Waals surface area contributed by atoms with Crippen molar-refractivity contribution in [3.8, 4) is 0 Å². The van der Waals surface area contributed by atoms with E-state index in [1.54, 1.807) is 0 Å². The molecule has 1 aliphatic heterocycles. The molecule has 0 aliphatic carbocycles. The fourth-order valence-corrected chi connectivity index (χ4v) is 3.11. The van der Waals surface area contributed by atoms with Gasteiger partial charge in [0.15, 0.2) is 0 Å². The second-order valence-corrected chi connectivity index (χ2v) is 6.17. The molecule has 2 unspecified atom stereocenters. The SMILES string of the molecule is CN1CCN(C)C(C(N)Cc2ccc3ccccc3n2)C1. The Morgan fingerprint density at radius 1 is 1.19 bits per heavy atom. The highest BCUT2D eigenvalue weighted by molar-refractivity contribution is 5.78. The number of nitrogens with zero attached hydrogens (tertiary/aromatic N) is 3. The lowest BCUT2D eigenvalue weighted by Crippen LogP contribution is -2.58. The van der Waals surface area contributed by atoms with Crippen LogP contribution in [0.25, 0.3) is 10.9 Å². The first-order valence-electron chi connectivity index (χ1n) is 7.62. The Hall–Kier alpha value is -1.49. The second kappa shape index (κ2) is 6.10. The fraction of sp³-hybridized carbons (Fsp3) is 0.471. The van der Waals surface area contributed by atoms with E-state index in [1.165, 1.54) is 5.39 Å². The average Bonchev–Trinajstić information content (AvgIpc) is 2.49. The van der Waals surface area contributed by atoms with Crippen LogP contribution >= 0.6 is 0 Å². The Kier molecular flexibility index (Phi) is 4.19. The topological polar surface area (TPSA) is 45.4 Å². The first kappa shape index (κ1) is 14.4. The number of piperazine rings is 1. The van der Waals surface area contributed by atoms with Crippen LogP contribution in [0.15, 0.2) is 36.4 Å². The number of fused-ring (bicyclic) bond motifs is 1. The summed E-state index contributed by atoms with van der Waals surface area (Å²) >= 11 is 0. The van der Waals surface area contributed by atoms with Gasteiger partial charge in [0.05, 0.1) is 5.52 Å². The van der Waals surface area contributed by atoms with Gasteiger partial charge >= 0.3 is 0 Å². The van der Waals surface area contributed by atoms with Crippen molar-refractivity contribution in [1.29, 1.82) is 0 Å². The van der Waals surface area contributed by atoms with Crippen LogP contribution in [0.4, 0.5) is 0 Å². The molecule has 3 rings (SSSR count). The molecule has 21 heavy (non-hydrogen) atoms. The van der Waals surface area contributed by atoms with E-state index in [1.807, 2.05) is 12.1 Å². The molecule has 2 heterocycles. The molecule has 0 amide bonds. The predicted molar refractivity (Wildman–Crippen MR) is 87.3 cm³/mol. The van der Waals surface area contributed by atoms with Gasteiger partial charge in [0.1, 0.15) is 0 Å². The van der Waals surface area contributed by atoms with Crippen LogP contribution in [-0.4, -0.2) is 60.6 Å². The third-order valence-corrected chi connectivity index (χ3v) is 4.49. The average molecular weight is 284 g/mol. The highest BCUT2D eigenvalue weighted by Gasteiger charge is 2.27. The number of benzene rings is 1. The molecule has 0 bridgehead atoms. The number of nitrogens with two attached hydrogens (primary N) is 1. The molecular weight excluding hydrogens is 260 g/mol. The van der Waals surface area contributed by atoms with Gasteiger partial charge < -0.3 is 10.6 Å². The number of hydrogen-bond acceptors (Lipinski definition) is 4. The zero-order valence-electron chi connectivity index (χ0n) is 12.9. The molecule has 4 heteroatoms. The molecule has 2 aromatic rings. The lowest BCUT2D eigenvalue weighted by molar-refractivity contribution is 0.0971. The summed E-state index contributed by atoms with van der Waals surface area (Å²) in [6, 6.07) is 13.0. The van der Waals surface area contributed by atoms with Gasteiger partial charge in [-0.1, -0.05) is 24.3 Å². The normalized spacial score (nSPS) is 22.5. The van der Waals surface area contributed by atoms with Crippen LogP contribution < -0.4 is 5.73 Å². The molecule has 2 N–H and O–H groups in total. The van der Waals surface area contributed by atoms with E-state index in [4.69, 9.17) is 10.7 Å². The van der Waals surface area contributed by atoms with Crippen molar-refractivity contribution < 1.29 is 0 Å². The molecule has 1 aliphatic rings. The number of rotatable bonds is 3. The molecular formula is C17H24N4. The van der Waals surface area contributed by atoms with Gasteiger partial charge in [0, 0.05) is 49.2 Å². The first-order chi connectivity index (χ1) is 10.1. The maximum absolute atomic E-state index is 6.47.